The van der Waals surface area contributed by atoms with Gasteiger partial charge in [-0.15, -0.1) is 0 Å². The van der Waals surface area contributed by atoms with Gasteiger partial charge in [-0.25, -0.2) is 13.2 Å². The minimum absolute atomic E-state index is 0.0537. The van der Waals surface area contributed by atoms with Crippen molar-refractivity contribution in [2.75, 3.05) is 0 Å². The highest BCUT2D eigenvalue weighted by Gasteiger charge is 2.16. The van der Waals surface area contributed by atoms with E-state index in [0.29, 0.717) is 5.39 Å². The molecule has 0 aliphatic carbocycles. The molecule has 4 aromatic carbocycles. The van der Waals surface area contributed by atoms with Crippen LogP contribution in [0.4, 0.5) is 22.0 Å². The second-order valence-electron chi connectivity index (χ2n) is 9.15. The first-order valence-corrected chi connectivity index (χ1v) is 12.6. The van der Waals surface area contributed by atoms with Gasteiger partial charge in [0.2, 0.25) is 0 Å². The highest BCUT2D eigenvalue weighted by molar-refractivity contribution is 5.85. The van der Waals surface area contributed by atoms with E-state index < -0.39 is 29.8 Å². The molecule has 0 aliphatic heterocycles. The third-order valence-corrected chi connectivity index (χ3v) is 6.36. The van der Waals surface area contributed by atoms with Gasteiger partial charge in [0, 0.05) is 10.9 Å². The fourth-order valence-electron chi connectivity index (χ4n) is 4.31. The van der Waals surface area contributed by atoms with Crippen LogP contribution in [0.5, 0.6) is 5.75 Å². The van der Waals surface area contributed by atoms with Crippen molar-refractivity contribution < 1.29 is 26.7 Å². The summed E-state index contributed by atoms with van der Waals surface area (Å²) in [5.74, 6) is 0.697. The molecule has 0 aliphatic rings. The second-order valence-corrected chi connectivity index (χ2v) is 9.15. The Kier molecular flexibility index (Phi) is 9.02. The predicted molar refractivity (Wildman–Crippen MR) is 140 cm³/mol. The molecule has 0 radical (unpaired) electrons. The number of unbranched alkanes of at least 4 members (excludes halogenated alkanes) is 2. The summed E-state index contributed by atoms with van der Waals surface area (Å²) in [5.41, 5.74) is 3.61. The second kappa shape index (κ2) is 12.6. The van der Waals surface area contributed by atoms with Crippen LogP contribution in [0.2, 0.25) is 0 Å². The molecule has 38 heavy (non-hydrogen) atoms. The van der Waals surface area contributed by atoms with Gasteiger partial charge < -0.3 is 4.74 Å². The molecule has 0 bridgehead atoms. The van der Waals surface area contributed by atoms with Crippen molar-refractivity contribution in [2.45, 2.75) is 52.1 Å². The van der Waals surface area contributed by atoms with Crippen molar-refractivity contribution in [3.8, 4) is 17.6 Å². The predicted octanol–water partition coefficient (Wildman–Crippen LogP) is 8.78. The maximum atomic E-state index is 15.1. The van der Waals surface area contributed by atoms with Crippen LogP contribution in [0.25, 0.3) is 10.8 Å². The summed E-state index contributed by atoms with van der Waals surface area (Å²) in [4.78, 5) is 0. The molecule has 0 heterocycles. The van der Waals surface area contributed by atoms with Gasteiger partial charge in [0.25, 0.3) is 0 Å². The number of hydrogen-bond acceptors (Lipinski definition) is 1. The van der Waals surface area contributed by atoms with Gasteiger partial charge in [-0.05, 0) is 66.0 Å². The van der Waals surface area contributed by atoms with Gasteiger partial charge in [0.05, 0.1) is 5.56 Å². The Morgan fingerprint density at radius 2 is 1.34 bits per heavy atom. The van der Waals surface area contributed by atoms with Crippen LogP contribution in [-0.4, -0.2) is 6.61 Å². The fourth-order valence-corrected chi connectivity index (χ4v) is 4.31. The SMILES string of the molecule is CCCCCc1ccc(CCc2ccc3c(F)c(C#Cc4cc(F)c(OC(F)F)c(F)c4)ccc3c2)cc1. The van der Waals surface area contributed by atoms with Crippen molar-refractivity contribution in [2.24, 2.45) is 0 Å². The molecule has 0 atom stereocenters. The van der Waals surface area contributed by atoms with E-state index in [1.54, 1.807) is 12.1 Å². The number of rotatable bonds is 9. The molecular formula is C32H27F5O. The lowest BCUT2D eigenvalue weighted by Crippen LogP contribution is -2.06. The average molecular weight is 523 g/mol. The summed E-state index contributed by atoms with van der Waals surface area (Å²) in [6.45, 7) is -1.17. The van der Waals surface area contributed by atoms with Crippen molar-refractivity contribution in [3.05, 3.63) is 112 Å². The molecule has 0 spiro atoms. The maximum Gasteiger partial charge on any atom is 0.387 e. The highest BCUT2D eigenvalue weighted by atomic mass is 19.3. The molecule has 0 saturated carbocycles. The number of alkyl halides is 2. The molecule has 0 aromatic heterocycles. The first kappa shape index (κ1) is 27.2. The Balaban J connectivity index is 1.45. The Morgan fingerprint density at radius 1 is 0.711 bits per heavy atom. The monoisotopic (exact) mass is 522 g/mol. The maximum absolute atomic E-state index is 15.1. The summed E-state index contributed by atoms with van der Waals surface area (Å²) in [5, 5.41) is 1.11. The van der Waals surface area contributed by atoms with Crippen LogP contribution in [0.15, 0.2) is 66.7 Å². The summed E-state index contributed by atoms with van der Waals surface area (Å²) >= 11 is 0. The van der Waals surface area contributed by atoms with Gasteiger partial charge in [0.1, 0.15) is 5.82 Å². The lowest BCUT2D eigenvalue weighted by molar-refractivity contribution is -0.0546. The van der Waals surface area contributed by atoms with E-state index in [-0.39, 0.29) is 11.1 Å². The van der Waals surface area contributed by atoms with E-state index in [4.69, 9.17) is 0 Å². The number of aryl methyl sites for hydroxylation is 3. The highest BCUT2D eigenvalue weighted by Crippen LogP contribution is 2.26. The quantitative estimate of drug-likeness (QED) is 0.121. The van der Waals surface area contributed by atoms with Gasteiger partial charge >= 0.3 is 6.61 Å². The molecule has 0 amide bonds. The van der Waals surface area contributed by atoms with E-state index in [2.05, 4.69) is 47.8 Å². The van der Waals surface area contributed by atoms with Crippen LogP contribution < -0.4 is 4.74 Å². The number of fused-ring (bicyclic) bond motifs is 1. The fraction of sp³-hybridized carbons (Fsp3) is 0.250. The zero-order valence-electron chi connectivity index (χ0n) is 21.0. The third kappa shape index (κ3) is 6.92. The summed E-state index contributed by atoms with van der Waals surface area (Å²) in [6, 6.07) is 19.0. The number of hydrogen-bond donors (Lipinski definition) is 0. The standard InChI is InChI=1S/C32H27F5O/c1-2-3-4-5-21-6-8-22(9-7-21)10-11-23-13-17-27-26(18-23)16-15-25(30(27)35)14-12-24-19-28(33)31(29(34)20-24)38-32(36)37/h6-9,13,15-20,32H,2-5,10-11H2,1H3. The number of ether oxygens (including phenoxy) is 1. The third-order valence-electron chi connectivity index (χ3n) is 6.36. The van der Waals surface area contributed by atoms with Crippen LogP contribution >= 0.6 is 0 Å². The lowest BCUT2D eigenvalue weighted by Gasteiger charge is -2.08. The molecular weight excluding hydrogens is 495 g/mol. The van der Waals surface area contributed by atoms with E-state index in [0.717, 1.165) is 42.3 Å². The first-order valence-electron chi connectivity index (χ1n) is 12.6. The molecule has 0 saturated heterocycles. The summed E-state index contributed by atoms with van der Waals surface area (Å²) in [6.07, 6.45) is 6.46. The zero-order valence-corrected chi connectivity index (χ0v) is 21.0. The van der Waals surface area contributed by atoms with Crippen molar-refractivity contribution in [3.63, 3.8) is 0 Å². The van der Waals surface area contributed by atoms with E-state index in [1.165, 1.54) is 36.5 Å². The van der Waals surface area contributed by atoms with Crippen LogP contribution in [-0.2, 0) is 19.3 Å². The molecule has 0 fully saturated rings. The van der Waals surface area contributed by atoms with Crippen molar-refractivity contribution >= 4 is 10.8 Å². The normalized spacial score (nSPS) is 11.0. The van der Waals surface area contributed by atoms with Crippen molar-refractivity contribution in [1.29, 1.82) is 0 Å². The molecule has 6 heteroatoms. The first-order chi connectivity index (χ1) is 18.3. The van der Waals surface area contributed by atoms with Gasteiger partial charge in [-0.3, -0.25) is 0 Å². The molecule has 4 rings (SSSR count). The average Bonchev–Trinajstić information content (AvgIpc) is 2.90. The largest absolute Gasteiger partial charge is 0.429 e. The van der Waals surface area contributed by atoms with Gasteiger partial charge in [-0.2, -0.15) is 8.78 Å². The van der Waals surface area contributed by atoms with Crippen molar-refractivity contribution in [1.82, 2.24) is 0 Å². The summed E-state index contributed by atoms with van der Waals surface area (Å²) in [7, 11) is 0. The lowest BCUT2D eigenvalue weighted by atomic mass is 9.98. The van der Waals surface area contributed by atoms with Crippen LogP contribution in [0.1, 0.15) is 54.0 Å². The Bertz CT molecular complexity index is 1440. The topological polar surface area (TPSA) is 9.23 Å². The smallest absolute Gasteiger partial charge is 0.387 e. The number of halogens is 5. The number of benzene rings is 4. The molecule has 196 valence electrons. The Hall–Kier alpha value is -3.85. The Morgan fingerprint density at radius 3 is 2.00 bits per heavy atom. The molecule has 4 aromatic rings. The van der Waals surface area contributed by atoms with Gasteiger partial charge in [-0.1, -0.05) is 80.1 Å². The molecule has 0 N–H and O–H groups in total. The van der Waals surface area contributed by atoms with E-state index in [1.807, 2.05) is 12.1 Å². The minimum atomic E-state index is -3.37. The van der Waals surface area contributed by atoms with Crippen LogP contribution in [0, 0.1) is 29.3 Å². The van der Waals surface area contributed by atoms with E-state index in [9.17, 15) is 17.6 Å². The summed E-state index contributed by atoms with van der Waals surface area (Å²) < 4.78 is 71.4. The minimum Gasteiger partial charge on any atom is -0.429 e. The zero-order chi connectivity index (χ0) is 27.1. The Labute approximate surface area is 219 Å². The van der Waals surface area contributed by atoms with Crippen LogP contribution in [0.3, 0.4) is 0 Å². The molecule has 1 nitrogen and oxygen atoms in total. The van der Waals surface area contributed by atoms with E-state index >= 15 is 4.39 Å². The van der Waals surface area contributed by atoms with Gasteiger partial charge in [0.15, 0.2) is 17.4 Å². The molecule has 0 unspecified atom stereocenters.